The van der Waals surface area contributed by atoms with E-state index in [4.69, 9.17) is 28.2 Å². The fraction of sp³-hybridized carbons (Fsp3) is 0.0455. The number of nitrogens with one attached hydrogen (secondary N) is 2. The van der Waals surface area contributed by atoms with Gasteiger partial charge in [-0.2, -0.15) is 0 Å². The van der Waals surface area contributed by atoms with Gasteiger partial charge in [-0.3, -0.25) is 10.1 Å². The lowest BCUT2D eigenvalue weighted by molar-refractivity contribution is 0.0977. The van der Waals surface area contributed by atoms with Crippen LogP contribution in [0.5, 0.6) is 0 Å². The van der Waals surface area contributed by atoms with Gasteiger partial charge in [-0.05, 0) is 66.3 Å². The molecule has 150 valence electrons. The summed E-state index contributed by atoms with van der Waals surface area (Å²) in [6.45, 7) is 0. The third kappa shape index (κ3) is 5.05. The maximum absolute atomic E-state index is 12.3. The Bertz CT molecular complexity index is 1240. The molecule has 2 N–H and O–H groups in total. The van der Waals surface area contributed by atoms with Crippen LogP contribution in [0.2, 0.25) is 5.02 Å². The zero-order valence-electron chi connectivity index (χ0n) is 15.5. The van der Waals surface area contributed by atoms with Gasteiger partial charge in [0.25, 0.3) is 5.91 Å². The van der Waals surface area contributed by atoms with Crippen molar-refractivity contribution < 1.29 is 9.21 Å². The minimum atomic E-state index is -0.290. The minimum Gasteiger partial charge on any atom is -0.440 e. The number of benzene rings is 3. The summed E-state index contributed by atoms with van der Waals surface area (Å²) in [5.74, 6) is 0.316. The number of anilines is 1. The van der Waals surface area contributed by atoms with E-state index in [1.165, 1.54) is 0 Å². The van der Waals surface area contributed by atoms with Gasteiger partial charge < -0.3 is 9.73 Å². The molecule has 0 saturated heterocycles. The highest BCUT2D eigenvalue weighted by atomic mass is 79.9. The van der Waals surface area contributed by atoms with E-state index in [2.05, 4.69) is 31.5 Å². The molecule has 5 nitrogen and oxygen atoms in total. The molecule has 4 rings (SSSR count). The van der Waals surface area contributed by atoms with Gasteiger partial charge in [-0.15, -0.1) is 0 Å². The van der Waals surface area contributed by atoms with Gasteiger partial charge in [0.1, 0.15) is 5.52 Å². The van der Waals surface area contributed by atoms with Crippen LogP contribution in [-0.4, -0.2) is 16.0 Å². The second-order valence-electron chi connectivity index (χ2n) is 6.51. The molecule has 1 amide bonds. The van der Waals surface area contributed by atoms with Gasteiger partial charge in [0, 0.05) is 27.2 Å². The van der Waals surface area contributed by atoms with Crippen molar-refractivity contribution in [2.24, 2.45) is 0 Å². The number of aromatic nitrogens is 1. The molecule has 0 spiro atoms. The number of fused-ring (bicyclic) bond motifs is 1. The normalized spacial score (nSPS) is 10.7. The SMILES string of the molecule is O=C(NC(=S)Nc1ccc2oc(Cc3ccc(Cl)cc3)nc2c1)c1cccc(Br)c1. The van der Waals surface area contributed by atoms with Crippen LogP contribution < -0.4 is 10.6 Å². The Morgan fingerprint density at radius 2 is 1.90 bits per heavy atom. The third-order valence-electron chi connectivity index (χ3n) is 4.27. The highest BCUT2D eigenvalue weighted by molar-refractivity contribution is 9.10. The summed E-state index contributed by atoms with van der Waals surface area (Å²) in [5.41, 5.74) is 3.64. The van der Waals surface area contributed by atoms with E-state index >= 15 is 0 Å². The van der Waals surface area contributed by atoms with Gasteiger partial charge in [0.05, 0.1) is 0 Å². The first-order chi connectivity index (χ1) is 14.5. The van der Waals surface area contributed by atoms with E-state index in [0.717, 1.165) is 10.0 Å². The second-order valence-corrected chi connectivity index (χ2v) is 8.27. The average molecular weight is 501 g/mol. The highest BCUT2D eigenvalue weighted by Gasteiger charge is 2.11. The lowest BCUT2D eigenvalue weighted by Gasteiger charge is -2.09. The van der Waals surface area contributed by atoms with Crippen molar-refractivity contribution in [2.75, 3.05) is 5.32 Å². The van der Waals surface area contributed by atoms with Crippen molar-refractivity contribution in [1.29, 1.82) is 0 Å². The van der Waals surface area contributed by atoms with Gasteiger partial charge >= 0.3 is 0 Å². The van der Waals surface area contributed by atoms with Gasteiger partial charge in [0.15, 0.2) is 16.6 Å². The number of nitrogens with zero attached hydrogens (tertiary/aromatic N) is 1. The molecular weight excluding hydrogens is 486 g/mol. The fourth-order valence-electron chi connectivity index (χ4n) is 2.87. The van der Waals surface area contributed by atoms with E-state index in [1.54, 1.807) is 18.2 Å². The standard InChI is InChI=1S/C22H15BrClN3O2S/c23-15-3-1-2-14(11-15)21(28)27-22(30)25-17-8-9-19-18(12-17)26-20(29-19)10-13-4-6-16(24)7-5-13/h1-9,11-12H,10H2,(H2,25,27,28,30). The number of halogens is 2. The largest absolute Gasteiger partial charge is 0.440 e. The summed E-state index contributed by atoms with van der Waals surface area (Å²) in [4.78, 5) is 16.9. The maximum Gasteiger partial charge on any atom is 0.257 e. The molecule has 4 aromatic rings. The molecule has 0 aliphatic carbocycles. The van der Waals surface area contributed by atoms with Crippen LogP contribution in [0.25, 0.3) is 11.1 Å². The van der Waals surface area contributed by atoms with Crippen LogP contribution in [0.15, 0.2) is 75.6 Å². The first-order valence-corrected chi connectivity index (χ1v) is 10.6. The fourth-order valence-corrected chi connectivity index (χ4v) is 3.61. The van der Waals surface area contributed by atoms with Gasteiger partial charge in [-0.1, -0.05) is 45.7 Å². The van der Waals surface area contributed by atoms with Gasteiger partial charge in [-0.25, -0.2) is 4.98 Å². The zero-order chi connectivity index (χ0) is 21.1. The minimum absolute atomic E-state index is 0.198. The van der Waals surface area contributed by atoms with E-state index < -0.39 is 0 Å². The molecule has 0 saturated carbocycles. The van der Waals surface area contributed by atoms with Crippen molar-refractivity contribution in [3.63, 3.8) is 0 Å². The molecule has 0 bridgehead atoms. The molecule has 0 aliphatic rings. The smallest absolute Gasteiger partial charge is 0.257 e. The predicted octanol–water partition coefficient (Wildman–Crippen LogP) is 5.96. The van der Waals surface area contributed by atoms with Crippen LogP contribution in [0.3, 0.4) is 0 Å². The molecule has 0 radical (unpaired) electrons. The lowest BCUT2D eigenvalue weighted by atomic mass is 10.1. The Kier molecular flexibility index (Phi) is 6.13. The Hall–Kier alpha value is -2.74. The average Bonchev–Trinajstić information content (AvgIpc) is 3.11. The van der Waals surface area contributed by atoms with Crippen LogP contribution in [0.4, 0.5) is 5.69 Å². The topological polar surface area (TPSA) is 67.2 Å². The summed E-state index contributed by atoms with van der Waals surface area (Å²) < 4.78 is 6.64. The van der Waals surface area contributed by atoms with Crippen LogP contribution in [0, 0.1) is 0 Å². The number of carbonyl (C=O) groups excluding carboxylic acids is 1. The van der Waals surface area contributed by atoms with Crippen LogP contribution in [0.1, 0.15) is 21.8 Å². The van der Waals surface area contributed by atoms with Crippen LogP contribution >= 0.6 is 39.7 Å². The predicted molar refractivity (Wildman–Crippen MR) is 126 cm³/mol. The molecule has 0 fully saturated rings. The number of thiocarbonyl (C=S) groups is 1. The Balaban J connectivity index is 1.43. The van der Waals surface area contributed by atoms with Crippen LogP contribution in [-0.2, 0) is 6.42 Å². The van der Waals surface area contributed by atoms with E-state index in [9.17, 15) is 4.79 Å². The number of rotatable bonds is 4. The highest BCUT2D eigenvalue weighted by Crippen LogP contribution is 2.22. The Labute approximate surface area is 191 Å². The number of amides is 1. The summed E-state index contributed by atoms with van der Waals surface area (Å²) in [6, 6.07) is 20.1. The zero-order valence-corrected chi connectivity index (χ0v) is 18.6. The quantitative estimate of drug-likeness (QED) is 0.338. The van der Waals surface area contributed by atoms with E-state index in [0.29, 0.717) is 39.7 Å². The van der Waals surface area contributed by atoms with Crippen molar-refractivity contribution in [3.8, 4) is 0 Å². The molecule has 0 atom stereocenters. The number of hydrogen-bond donors (Lipinski definition) is 2. The first kappa shape index (κ1) is 20.5. The molecule has 8 heteroatoms. The second kappa shape index (κ2) is 8.95. The van der Waals surface area contributed by atoms with Crippen molar-refractivity contribution >= 4 is 67.6 Å². The van der Waals surface area contributed by atoms with Crippen molar-refractivity contribution in [3.05, 3.63) is 93.2 Å². The van der Waals surface area contributed by atoms with E-state index in [1.807, 2.05) is 48.5 Å². The maximum atomic E-state index is 12.3. The third-order valence-corrected chi connectivity index (χ3v) is 5.22. The number of oxazole rings is 1. The van der Waals surface area contributed by atoms with Gasteiger partial charge in [0.2, 0.25) is 0 Å². The molecule has 1 heterocycles. The Morgan fingerprint density at radius 3 is 2.67 bits per heavy atom. The molecule has 1 aromatic heterocycles. The summed E-state index contributed by atoms with van der Waals surface area (Å²) >= 11 is 14.5. The Morgan fingerprint density at radius 1 is 1.10 bits per heavy atom. The summed E-state index contributed by atoms with van der Waals surface area (Å²) in [5, 5.41) is 6.56. The molecule has 30 heavy (non-hydrogen) atoms. The number of hydrogen-bond acceptors (Lipinski definition) is 4. The molecular formula is C22H15BrClN3O2S. The molecule has 0 aliphatic heterocycles. The molecule has 0 unspecified atom stereocenters. The van der Waals surface area contributed by atoms with Crippen molar-refractivity contribution in [1.82, 2.24) is 10.3 Å². The monoisotopic (exact) mass is 499 g/mol. The summed E-state index contributed by atoms with van der Waals surface area (Å²) in [6.07, 6.45) is 0.565. The lowest BCUT2D eigenvalue weighted by Crippen LogP contribution is -2.34. The number of carbonyl (C=O) groups is 1. The summed E-state index contributed by atoms with van der Waals surface area (Å²) in [7, 11) is 0. The molecule has 3 aromatic carbocycles. The first-order valence-electron chi connectivity index (χ1n) is 8.98. The van der Waals surface area contributed by atoms with E-state index in [-0.39, 0.29) is 11.0 Å². The van der Waals surface area contributed by atoms with Crippen molar-refractivity contribution in [2.45, 2.75) is 6.42 Å².